The number of likely N-dealkylation sites (N-methyl/N-ethyl adjacent to an activating group) is 1. The van der Waals surface area contributed by atoms with Crippen LogP contribution < -0.4 is 4.90 Å². The van der Waals surface area contributed by atoms with Crippen molar-refractivity contribution in [1.29, 1.82) is 0 Å². The molecule has 0 aromatic heterocycles. The van der Waals surface area contributed by atoms with Crippen LogP contribution >= 0.6 is 0 Å². The number of hydrogen-bond acceptors (Lipinski definition) is 4. The number of rotatable bonds is 4. The summed E-state index contributed by atoms with van der Waals surface area (Å²) in [5.74, 6) is 0.0584. The molecule has 1 aromatic carbocycles. The van der Waals surface area contributed by atoms with Crippen molar-refractivity contribution in [2.45, 2.75) is 33.1 Å². The van der Waals surface area contributed by atoms with Gasteiger partial charge in [0.15, 0.2) is 0 Å². The zero-order chi connectivity index (χ0) is 22.0. The first kappa shape index (κ1) is 21.8. The Morgan fingerprint density at radius 1 is 0.871 bits per heavy atom. The van der Waals surface area contributed by atoms with E-state index in [0.29, 0.717) is 19.6 Å². The topological polar surface area (TPSA) is 64.2 Å². The van der Waals surface area contributed by atoms with Gasteiger partial charge in [-0.1, -0.05) is 24.6 Å². The van der Waals surface area contributed by atoms with Gasteiger partial charge in [-0.15, -0.1) is 0 Å². The van der Waals surface area contributed by atoms with Crippen LogP contribution in [-0.4, -0.2) is 84.8 Å². The SMILES string of the molecule is CCN1CCN(C(=O)C2CCN(C(=O)[C@@H]3CC(=O)N(c4ccc(C)cc4)C3)CC2)CC1. The molecule has 4 rings (SSSR count). The van der Waals surface area contributed by atoms with Gasteiger partial charge in [-0.2, -0.15) is 0 Å². The van der Waals surface area contributed by atoms with E-state index in [2.05, 4.69) is 11.8 Å². The van der Waals surface area contributed by atoms with Gasteiger partial charge < -0.3 is 19.6 Å². The van der Waals surface area contributed by atoms with Gasteiger partial charge in [-0.05, 0) is 38.4 Å². The summed E-state index contributed by atoms with van der Waals surface area (Å²) in [5.41, 5.74) is 2.01. The van der Waals surface area contributed by atoms with E-state index in [1.54, 1.807) is 4.90 Å². The number of likely N-dealkylation sites (tertiary alicyclic amines) is 1. The standard InChI is InChI=1S/C24H34N4O3/c1-3-25-12-14-27(15-13-25)23(30)19-8-10-26(11-9-19)24(31)20-16-22(29)28(17-20)21-6-4-18(2)5-7-21/h4-7,19-20H,3,8-17H2,1-2H3/t20-/m1/s1. The molecule has 168 valence electrons. The first-order valence-electron chi connectivity index (χ1n) is 11.6. The van der Waals surface area contributed by atoms with Crippen LogP contribution in [0.3, 0.4) is 0 Å². The third-order valence-electron chi connectivity index (χ3n) is 7.11. The molecule has 0 bridgehead atoms. The molecule has 1 aromatic rings. The quantitative estimate of drug-likeness (QED) is 0.736. The van der Waals surface area contributed by atoms with E-state index in [1.807, 2.05) is 41.0 Å². The minimum atomic E-state index is -0.289. The largest absolute Gasteiger partial charge is 0.342 e. The lowest BCUT2D eigenvalue weighted by Gasteiger charge is -2.38. The Labute approximate surface area is 185 Å². The number of anilines is 1. The van der Waals surface area contributed by atoms with Gasteiger partial charge in [0.25, 0.3) is 0 Å². The number of benzene rings is 1. The summed E-state index contributed by atoms with van der Waals surface area (Å²) >= 11 is 0. The van der Waals surface area contributed by atoms with Crippen LogP contribution in [-0.2, 0) is 14.4 Å². The summed E-state index contributed by atoms with van der Waals surface area (Å²) in [6.45, 7) is 10.4. The average molecular weight is 427 g/mol. The second-order valence-electron chi connectivity index (χ2n) is 9.10. The van der Waals surface area contributed by atoms with Gasteiger partial charge in [-0.25, -0.2) is 0 Å². The minimum Gasteiger partial charge on any atom is -0.342 e. The maximum Gasteiger partial charge on any atom is 0.228 e. The third-order valence-corrected chi connectivity index (χ3v) is 7.11. The first-order valence-corrected chi connectivity index (χ1v) is 11.6. The zero-order valence-corrected chi connectivity index (χ0v) is 18.8. The van der Waals surface area contributed by atoms with Gasteiger partial charge in [0, 0.05) is 63.8 Å². The number of piperidine rings is 1. The molecule has 0 unspecified atom stereocenters. The highest BCUT2D eigenvalue weighted by Crippen LogP contribution is 2.28. The molecule has 0 aliphatic carbocycles. The van der Waals surface area contributed by atoms with Crippen LogP contribution in [0.25, 0.3) is 0 Å². The molecule has 1 atom stereocenters. The number of piperazine rings is 1. The van der Waals surface area contributed by atoms with Gasteiger partial charge in [-0.3, -0.25) is 14.4 Å². The fraction of sp³-hybridized carbons (Fsp3) is 0.625. The highest BCUT2D eigenvalue weighted by Gasteiger charge is 2.39. The maximum atomic E-state index is 13.1. The van der Waals surface area contributed by atoms with E-state index in [-0.39, 0.29) is 36.0 Å². The number of amides is 3. The monoisotopic (exact) mass is 426 g/mol. The van der Waals surface area contributed by atoms with Crippen molar-refractivity contribution in [3.63, 3.8) is 0 Å². The van der Waals surface area contributed by atoms with Crippen LogP contribution in [0.1, 0.15) is 31.7 Å². The normalized spacial score (nSPS) is 23.5. The van der Waals surface area contributed by atoms with Crippen molar-refractivity contribution in [3.05, 3.63) is 29.8 Å². The molecule has 3 aliphatic heterocycles. The molecule has 3 aliphatic rings. The lowest BCUT2D eigenvalue weighted by molar-refractivity contribution is -0.143. The summed E-state index contributed by atoms with van der Waals surface area (Å²) in [7, 11) is 0. The van der Waals surface area contributed by atoms with Gasteiger partial charge in [0.05, 0.1) is 5.92 Å². The van der Waals surface area contributed by atoms with E-state index in [1.165, 1.54) is 0 Å². The predicted octanol–water partition coefficient (Wildman–Crippen LogP) is 1.75. The molecule has 31 heavy (non-hydrogen) atoms. The Kier molecular flexibility index (Phi) is 6.60. The third kappa shape index (κ3) is 4.76. The van der Waals surface area contributed by atoms with Crippen molar-refractivity contribution < 1.29 is 14.4 Å². The molecule has 7 heteroatoms. The molecule has 3 amide bonds. The first-order chi connectivity index (χ1) is 15.0. The summed E-state index contributed by atoms with van der Waals surface area (Å²) in [6.07, 6.45) is 1.72. The molecule has 3 saturated heterocycles. The Hall–Kier alpha value is -2.41. The Morgan fingerprint density at radius 3 is 2.06 bits per heavy atom. The second kappa shape index (κ2) is 9.39. The summed E-state index contributed by atoms with van der Waals surface area (Å²) in [6, 6.07) is 7.86. The lowest BCUT2D eigenvalue weighted by atomic mass is 9.93. The van der Waals surface area contributed by atoms with Crippen LogP contribution in [0, 0.1) is 18.8 Å². The lowest BCUT2D eigenvalue weighted by Crippen LogP contribution is -2.52. The van der Waals surface area contributed by atoms with E-state index in [4.69, 9.17) is 0 Å². The molecular weight excluding hydrogens is 392 g/mol. The molecule has 0 saturated carbocycles. The highest BCUT2D eigenvalue weighted by atomic mass is 16.2. The maximum absolute atomic E-state index is 13.1. The number of hydrogen-bond donors (Lipinski definition) is 0. The van der Waals surface area contributed by atoms with Gasteiger partial charge in [0.1, 0.15) is 0 Å². The second-order valence-corrected chi connectivity index (χ2v) is 9.10. The Bertz CT molecular complexity index is 809. The van der Waals surface area contributed by atoms with Crippen molar-refractivity contribution in [3.8, 4) is 0 Å². The molecule has 3 fully saturated rings. The Balaban J connectivity index is 1.28. The molecule has 0 spiro atoms. The Morgan fingerprint density at radius 2 is 1.45 bits per heavy atom. The van der Waals surface area contributed by atoms with E-state index in [0.717, 1.165) is 56.8 Å². The molecule has 0 N–H and O–H groups in total. The van der Waals surface area contributed by atoms with Crippen LogP contribution in [0.2, 0.25) is 0 Å². The summed E-state index contributed by atoms with van der Waals surface area (Å²) in [4.78, 5) is 46.5. The van der Waals surface area contributed by atoms with Crippen LogP contribution in [0.15, 0.2) is 24.3 Å². The molecule has 7 nitrogen and oxygen atoms in total. The predicted molar refractivity (Wildman–Crippen MR) is 120 cm³/mol. The fourth-order valence-electron chi connectivity index (χ4n) is 4.99. The molecule has 0 radical (unpaired) electrons. The van der Waals surface area contributed by atoms with Crippen LogP contribution in [0.5, 0.6) is 0 Å². The number of aryl methyl sites for hydroxylation is 1. The fourth-order valence-corrected chi connectivity index (χ4v) is 4.99. The van der Waals surface area contributed by atoms with E-state index in [9.17, 15) is 14.4 Å². The van der Waals surface area contributed by atoms with E-state index >= 15 is 0 Å². The smallest absolute Gasteiger partial charge is 0.228 e. The zero-order valence-electron chi connectivity index (χ0n) is 18.8. The highest BCUT2D eigenvalue weighted by molar-refractivity contribution is 6.00. The number of carbonyl (C=O) groups is 3. The van der Waals surface area contributed by atoms with Crippen molar-refractivity contribution in [2.75, 3.05) is 57.3 Å². The summed E-state index contributed by atoms with van der Waals surface area (Å²) in [5, 5.41) is 0. The molecular formula is C24H34N4O3. The number of carbonyl (C=O) groups excluding carboxylic acids is 3. The van der Waals surface area contributed by atoms with Crippen molar-refractivity contribution >= 4 is 23.4 Å². The van der Waals surface area contributed by atoms with Crippen molar-refractivity contribution in [2.24, 2.45) is 11.8 Å². The van der Waals surface area contributed by atoms with E-state index < -0.39 is 0 Å². The average Bonchev–Trinajstić information content (AvgIpc) is 3.20. The molecule has 3 heterocycles. The minimum absolute atomic E-state index is 0.0125. The summed E-state index contributed by atoms with van der Waals surface area (Å²) < 4.78 is 0. The van der Waals surface area contributed by atoms with Gasteiger partial charge in [0.2, 0.25) is 17.7 Å². The van der Waals surface area contributed by atoms with Crippen molar-refractivity contribution in [1.82, 2.24) is 14.7 Å². The van der Waals surface area contributed by atoms with Gasteiger partial charge >= 0.3 is 0 Å². The van der Waals surface area contributed by atoms with Crippen LogP contribution in [0.4, 0.5) is 5.69 Å². The number of nitrogens with zero attached hydrogens (tertiary/aromatic N) is 4.